The number of hydrogen-bond donors (Lipinski definition) is 1. The van der Waals surface area contributed by atoms with Crippen LogP contribution in [0.25, 0.3) is 0 Å². The van der Waals surface area contributed by atoms with Gasteiger partial charge in [0.2, 0.25) is 0 Å². The molecule has 0 radical (unpaired) electrons. The summed E-state index contributed by atoms with van der Waals surface area (Å²) in [6, 6.07) is 0. The summed E-state index contributed by atoms with van der Waals surface area (Å²) in [7, 11) is 0. The first kappa shape index (κ1) is 10.7. The zero-order valence-corrected chi connectivity index (χ0v) is 9.58. The Bertz CT molecular complexity index is 242. The number of rotatable bonds is 5. The largest absolute Gasteiger partial charge is 0.312 e. The molecule has 1 aromatic rings. The molecule has 0 spiro atoms. The molecule has 74 valence electrons. The van der Waals surface area contributed by atoms with Gasteiger partial charge in [-0.3, -0.25) is 0 Å². The SMILES string of the molecule is CCC(C)CNCc1cscc1C. The lowest BCUT2D eigenvalue weighted by atomic mass is 10.1. The molecule has 0 aliphatic rings. The van der Waals surface area contributed by atoms with Crippen LogP contribution in [-0.2, 0) is 6.54 Å². The van der Waals surface area contributed by atoms with Gasteiger partial charge in [0.1, 0.15) is 0 Å². The molecule has 1 unspecified atom stereocenters. The summed E-state index contributed by atoms with van der Waals surface area (Å²) in [6.45, 7) is 8.86. The highest BCUT2D eigenvalue weighted by Crippen LogP contribution is 2.13. The van der Waals surface area contributed by atoms with Crippen LogP contribution in [0.5, 0.6) is 0 Å². The number of hydrogen-bond acceptors (Lipinski definition) is 2. The fraction of sp³-hybridized carbons (Fsp3) is 0.636. The van der Waals surface area contributed by atoms with E-state index in [0.29, 0.717) is 0 Å². The third-order valence-corrected chi connectivity index (χ3v) is 3.38. The summed E-state index contributed by atoms with van der Waals surface area (Å²) >= 11 is 1.79. The smallest absolute Gasteiger partial charge is 0.0216 e. The van der Waals surface area contributed by atoms with Gasteiger partial charge in [0.05, 0.1) is 0 Å². The maximum Gasteiger partial charge on any atom is 0.0216 e. The van der Waals surface area contributed by atoms with Gasteiger partial charge in [-0.25, -0.2) is 0 Å². The summed E-state index contributed by atoms with van der Waals surface area (Å²) in [5.74, 6) is 0.791. The molecule has 0 aliphatic heterocycles. The minimum absolute atomic E-state index is 0.791. The van der Waals surface area contributed by atoms with E-state index in [1.54, 1.807) is 11.3 Å². The molecule has 1 N–H and O–H groups in total. The molecule has 2 heteroatoms. The minimum atomic E-state index is 0.791. The molecule has 0 saturated carbocycles. The lowest BCUT2D eigenvalue weighted by molar-refractivity contribution is 0.500. The zero-order valence-electron chi connectivity index (χ0n) is 8.76. The van der Waals surface area contributed by atoms with E-state index in [1.807, 2.05) is 0 Å². The van der Waals surface area contributed by atoms with Crippen LogP contribution in [0, 0.1) is 12.8 Å². The maximum absolute atomic E-state index is 3.49. The molecule has 0 saturated heterocycles. The monoisotopic (exact) mass is 197 g/mol. The Kier molecular flexibility index (Phi) is 4.46. The van der Waals surface area contributed by atoms with Crippen molar-refractivity contribution in [2.24, 2.45) is 5.92 Å². The fourth-order valence-electron chi connectivity index (χ4n) is 1.17. The molecular weight excluding hydrogens is 178 g/mol. The number of thiophene rings is 1. The van der Waals surface area contributed by atoms with Gasteiger partial charge in [0, 0.05) is 6.54 Å². The van der Waals surface area contributed by atoms with Gasteiger partial charge in [0.15, 0.2) is 0 Å². The van der Waals surface area contributed by atoms with Gasteiger partial charge in [-0.1, -0.05) is 20.3 Å². The second-order valence-corrected chi connectivity index (χ2v) is 4.47. The highest BCUT2D eigenvalue weighted by Gasteiger charge is 2.00. The molecule has 1 nitrogen and oxygen atoms in total. The summed E-state index contributed by atoms with van der Waals surface area (Å²) in [4.78, 5) is 0. The summed E-state index contributed by atoms with van der Waals surface area (Å²) in [5.41, 5.74) is 2.87. The Hall–Kier alpha value is -0.340. The molecule has 0 amide bonds. The van der Waals surface area contributed by atoms with Crippen molar-refractivity contribution in [1.82, 2.24) is 5.32 Å². The highest BCUT2D eigenvalue weighted by atomic mass is 32.1. The average molecular weight is 197 g/mol. The van der Waals surface area contributed by atoms with E-state index >= 15 is 0 Å². The molecule has 1 rings (SSSR count). The standard InChI is InChI=1S/C11H19NS/c1-4-9(2)5-12-6-11-8-13-7-10(11)3/h7-9,12H,4-6H2,1-3H3. The lowest BCUT2D eigenvalue weighted by Crippen LogP contribution is -2.20. The third-order valence-electron chi connectivity index (χ3n) is 2.47. The Labute approximate surface area is 85.2 Å². The molecular formula is C11H19NS. The first-order chi connectivity index (χ1) is 6.24. The van der Waals surface area contributed by atoms with Crippen LogP contribution in [0.15, 0.2) is 10.8 Å². The molecule has 1 heterocycles. The predicted molar refractivity (Wildman–Crippen MR) is 60.2 cm³/mol. The second-order valence-electron chi connectivity index (χ2n) is 3.72. The quantitative estimate of drug-likeness (QED) is 0.764. The van der Waals surface area contributed by atoms with Crippen molar-refractivity contribution in [3.8, 4) is 0 Å². The van der Waals surface area contributed by atoms with E-state index < -0.39 is 0 Å². The Morgan fingerprint density at radius 3 is 2.77 bits per heavy atom. The molecule has 0 aliphatic carbocycles. The van der Waals surface area contributed by atoms with Crippen molar-refractivity contribution in [2.75, 3.05) is 6.54 Å². The topological polar surface area (TPSA) is 12.0 Å². The van der Waals surface area contributed by atoms with Crippen molar-refractivity contribution in [2.45, 2.75) is 33.7 Å². The van der Waals surface area contributed by atoms with Crippen LogP contribution in [-0.4, -0.2) is 6.54 Å². The fourth-order valence-corrected chi connectivity index (χ4v) is 2.02. The van der Waals surface area contributed by atoms with Crippen molar-refractivity contribution < 1.29 is 0 Å². The van der Waals surface area contributed by atoms with E-state index in [2.05, 4.69) is 36.8 Å². The normalized spacial score (nSPS) is 13.2. The zero-order chi connectivity index (χ0) is 9.68. The molecule has 0 aromatic carbocycles. The van der Waals surface area contributed by atoms with E-state index in [0.717, 1.165) is 19.0 Å². The van der Waals surface area contributed by atoms with Crippen LogP contribution < -0.4 is 5.32 Å². The Morgan fingerprint density at radius 2 is 2.23 bits per heavy atom. The predicted octanol–water partition coefficient (Wildman–Crippen LogP) is 3.19. The van der Waals surface area contributed by atoms with Crippen molar-refractivity contribution in [1.29, 1.82) is 0 Å². The van der Waals surface area contributed by atoms with E-state index in [1.165, 1.54) is 17.5 Å². The summed E-state index contributed by atoms with van der Waals surface area (Å²) in [6.07, 6.45) is 1.26. The molecule has 0 fully saturated rings. The first-order valence-corrected chi connectivity index (χ1v) is 5.90. The van der Waals surface area contributed by atoms with Crippen LogP contribution >= 0.6 is 11.3 Å². The van der Waals surface area contributed by atoms with Crippen molar-refractivity contribution in [3.05, 3.63) is 21.9 Å². The van der Waals surface area contributed by atoms with Crippen LogP contribution in [0.4, 0.5) is 0 Å². The van der Waals surface area contributed by atoms with E-state index in [9.17, 15) is 0 Å². The molecule has 1 aromatic heterocycles. The van der Waals surface area contributed by atoms with Gasteiger partial charge in [-0.05, 0) is 41.3 Å². The Morgan fingerprint density at radius 1 is 1.46 bits per heavy atom. The number of nitrogens with one attached hydrogen (secondary N) is 1. The van der Waals surface area contributed by atoms with Crippen LogP contribution in [0.2, 0.25) is 0 Å². The first-order valence-electron chi connectivity index (χ1n) is 4.96. The third kappa shape index (κ3) is 3.49. The maximum atomic E-state index is 3.49. The lowest BCUT2D eigenvalue weighted by Gasteiger charge is -2.09. The van der Waals surface area contributed by atoms with Gasteiger partial charge in [-0.15, -0.1) is 0 Å². The van der Waals surface area contributed by atoms with E-state index in [-0.39, 0.29) is 0 Å². The van der Waals surface area contributed by atoms with Crippen LogP contribution in [0.3, 0.4) is 0 Å². The second kappa shape index (κ2) is 5.40. The minimum Gasteiger partial charge on any atom is -0.312 e. The van der Waals surface area contributed by atoms with Crippen molar-refractivity contribution in [3.63, 3.8) is 0 Å². The van der Waals surface area contributed by atoms with Gasteiger partial charge >= 0.3 is 0 Å². The van der Waals surface area contributed by atoms with Gasteiger partial charge in [0.25, 0.3) is 0 Å². The Balaban J connectivity index is 2.24. The van der Waals surface area contributed by atoms with Crippen LogP contribution in [0.1, 0.15) is 31.4 Å². The highest BCUT2D eigenvalue weighted by molar-refractivity contribution is 7.08. The van der Waals surface area contributed by atoms with Crippen molar-refractivity contribution >= 4 is 11.3 Å². The average Bonchev–Trinajstić information content (AvgIpc) is 2.52. The van der Waals surface area contributed by atoms with E-state index in [4.69, 9.17) is 0 Å². The molecule has 0 bridgehead atoms. The molecule has 13 heavy (non-hydrogen) atoms. The van der Waals surface area contributed by atoms with Gasteiger partial charge in [-0.2, -0.15) is 11.3 Å². The molecule has 1 atom stereocenters. The summed E-state index contributed by atoms with van der Waals surface area (Å²) in [5, 5.41) is 7.93. The number of aryl methyl sites for hydroxylation is 1. The van der Waals surface area contributed by atoms with Gasteiger partial charge < -0.3 is 5.32 Å². The summed E-state index contributed by atoms with van der Waals surface area (Å²) < 4.78 is 0.